The molecule has 0 unspecified atom stereocenters. The average molecular weight is 177 g/mol. The minimum Gasteiger partial charge on any atom is -0.275 e. The molecule has 0 saturated heterocycles. The molecule has 2 rings (SSSR count). The van der Waals surface area contributed by atoms with Crippen LogP contribution in [0.2, 0.25) is 0 Å². The Hall–Kier alpha value is -1.71. The summed E-state index contributed by atoms with van der Waals surface area (Å²) in [6, 6.07) is 4.81. The van der Waals surface area contributed by atoms with E-state index in [1.165, 1.54) is 12.3 Å². The summed E-state index contributed by atoms with van der Waals surface area (Å²) in [4.78, 5) is 3.91. The van der Waals surface area contributed by atoms with Crippen LogP contribution in [0.15, 0.2) is 30.6 Å². The van der Waals surface area contributed by atoms with Crippen LogP contribution in [0.25, 0.3) is 11.4 Å². The molecule has 0 aliphatic heterocycles. The lowest BCUT2D eigenvalue weighted by molar-refractivity contribution is 0.621. The van der Waals surface area contributed by atoms with Gasteiger partial charge in [0.1, 0.15) is 11.5 Å². The van der Waals surface area contributed by atoms with Crippen molar-refractivity contribution < 1.29 is 4.39 Å². The Morgan fingerprint density at radius 1 is 1.23 bits per heavy atom. The third-order valence-corrected chi connectivity index (χ3v) is 1.70. The monoisotopic (exact) mass is 177 g/mol. The second kappa shape index (κ2) is 2.97. The van der Waals surface area contributed by atoms with E-state index in [0.717, 1.165) is 5.69 Å². The Bertz CT molecular complexity index is 405. The molecule has 0 fully saturated rings. The standard InChI is InChI=1S/C9H8FN3/c1-13-5-4-9(12-13)8-3-2-7(10)6-11-8/h2-6H,1H3. The van der Waals surface area contributed by atoms with Crippen LogP contribution in [0.4, 0.5) is 4.39 Å². The van der Waals surface area contributed by atoms with E-state index in [9.17, 15) is 4.39 Å². The maximum Gasteiger partial charge on any atom is 0.141 e. The van der Waals surface area contributed by atoms with Gasteiger partial charge in [-0.2, -0.15) is 5.10 Å². The third-order valence-electron chi connectivity index (χ3n) is 1.70. The number of hydrogen-bond acceptors (Lipinski definition) is 2. The van der Waals surface area contributed by atoms with Crippen LogP contribution in [0, 0.1) is 5.82 Å². The molecule has 2 heterocycles. The van der Waals surface area contributed by atoms with Crippen LogP contribution < -0.4 is 0 Å². The molecule has 0 aliphatic rings. The van der Waals surface area contributed by atoms with Gasteiger partial charge in [0.25, 0.3) is 0 Å². The summed E-state index contributed by atoms with van der Waals surface area (Å²) in [5.74, 6) is -0.334. The van der Waals surface area contributed by atoms with Gasteiger partial charge in [-0.1, -0.05) is 0 Å². The topological polar surface area (TPSA) is 30.7 Å². The van der Waals surface area contributed by atoms with Gasteiger partial charge in [-0.15, -0.1) is 0 Å². The zero-order valence-corrected chi connectivity index (χ0v) is 7.11. The Kier molecular flexibility index (Phi) is 1.81. The van der Waals surface area contributed by atoms with Gasteiger partial charge in [-0.05, 0) is 18.2 Å². The second-order valence-corrected chi connectivity index (χ2v) is 2.74. The molecule has 0 saturated carbocycles. The van der Waals surface area contributed by atoms with E-state index >= 15 is 0 Å². The fraction of sp³-hybridized carbons (Fsp3) is 0.111. The number of halogens is 1. The van der Waals surface area contributed by atoms with Crippen molar-refractivity contribution in [2.24, 2.45) is 7.05 Å². The van der Waals surface area contributed by atoms with E-state index in [-0.39, 0.29) is 5.82 Å². The minimum atomic E-state index is -0.334. The summed E-state index contributed by atoms with van der Waals surface area (Å²) in [5, 5.41) is 4.14. The van der Waals surface area contributed by atoms with Crippen LogP contribution in [0.5, 0.6) is 0 Å². The van der Waals surface area contributed by atoms with Gasteiger partial charge in [0.2, 0.25) is 0 Å². The lowest BCUT2D eigenvalue weighted by Gasteiger charge is -1.94. The van der Waals surface area contributed by atoms with Crippen molar-refractivity contribution in [3.05, 3.63) is 36.4 Å². The molecule has 2 aromatic heterocycles. The summed E-state index contributed by atoms with van der Waals surface area (Å²) < 4.78 is 14.2. The van der Waals surface area contributed by atoms with Crippen LogP contribution in [0.1, 0.15) is 0 Å². The first-order chi connectivity index (χ1) is 6.25. The number of hydrogen-bond donors (Lipinski definition) is 0. The van der Waals surface area contributed by atoms with Crippen LogP contribution in [-0.2, 0) is 7.05 Å². The number of pyridine rings is 1. The molecule has 0 aliphatic carbocycles. The average Bonchev–Trinajstić information content (AvgIpc) is 2.53. The van der Waals surface area contributed by atoms with Gasteiger partial charge in [-0.25, -0.2) is 4.39 Å². The highest BCUT2D eigenvalue weighted by Gasteiger charge is 2.01. The van der Waals surface area contributed by atoms with Crippen LogP contribution in [-0.4, -0.2) is 14.8 Å². The van der Waals surface area contributed by atoms with Gasteiger partial charge < -0.3 is 0 Å². The summed E-state index contributed by atoms with van der Waals surface area (Å²) in [6.45, 7) is 0. The van der Waals surface area contributed by atoms with Crippen molar-refractivity contribution in [1.82, 2.24) is 14.8 Å². The molecule has 4 heteroatoms. The highest BCUT2D eigenvalue weighted by atomic mass is 19.1. The van der Waals surface area contributed by atoms with E-state index in [0.29, 0.717) is 5.69 Å². The van der Waals surface area contributed by atoms with Gasteiger partial charge in [0.15, 0.2) is 0 Å². The highest BCUT2D eigenvalue weighted by Crippen LogP contribution is 2.12. The molecule has 3 nitrogen and oxygen atoms in total. The molecule has 0 N–H and O–H groups in total. The first kappa shape index (κ1) is 7.91. The lowest BCUT2D eigenvalue weighted by atomic mass is 10.3. The van der Waals surface area contributed by atoms with Crippen molar-refractivity contribution in [2.75, 3.05) is 0 Å². The molecular formula is C9H8FN3. The normalized spacial score (nSPS) is 10.3. The predicted octanol–water partition coefficient (Wildman–Crippen LogP) is 1.62. The molecule has 0 radical (unpaired) electrons. The smallest absolute Gasteiger partial charge is 0.141 e. The molecule has 66 valence electrons. The van der Waals surface area contributed by atoms with Crippen LogP contribution >= 0.6 is 0 Å². The Labute approximate surface area is 74.8 Å². The van der Waals surface area contributed by atoms with Crippen molar-refractivity contribution in [3.8, 4) is 11.4 Å². The fourth-order valence-corrected chi connectivity index (χ4v) is 1.08. The molecule has 0 spiro atoms. The largest absolute Gasteiger partial charge is 0.275 e. The first-order valence-corrected chi connectivity index (χ1v) is 3.87. The Morgan fingerprint density at radius 3 is 2.62 bits per heavy atom. The molecule has 2 aromatic rings. The number of aryl methyl sites for hydroxylation is 1. The van der Waals surface area contributed by atoms with Gasteiger partial charge in [0.05, 0.1) is 11.9 Å². The van der Waals surface area contributed by atoms with Crippen molar-refractivity contribution in [3.63, 3.8) is 0 Å². The molecular weight excluding hydrogens is 169 g/mol. The Morgan fingerprint density at radius 2 is 2.08 bits per heavy atom. The van der Waals surface area contributed by atoms with Crippen molar-refractivity contribution >= 4 is 0 Å². The summed E-state index contributed by atoms with van der Waals surface area (Å²) in [6.07, 6.45) is 3.00. The maximum absolute atomic E-state index is 12.5. The predicted molar refractivity (Wildman–Crippen MR) is 46.4 cm³/mol. The number of nitrogens with zero attached hydrogens (tertiary/aromatic N) is 3. The quantitative estimate of drug-likeness (QED) is 0.662. The van der Waals surface area contributed by atoms with E-state index in [1.807, 2.05) is 19.3 Å². The molecule has 0 aromatic carbocycles. The van der Waals surface area contributed by atoms with E-state index < -0.39 is 0 Å². The summed E-state index contributed by atoms with van der Waals surface area (Å²) in [5.41, 5.74) is 1.43. The summed E-state index contributed by atoms with van der Waals surface area (Å²) >= 11 is 0. The van der Waals surface area contributed by atoms with Crippen LogP contribution in [0.3, 0.4) is 0 Å². The molecule has 0 atom stereocenters. The fourth-order valence-electron chi connectivity index (χ4n) is 1.08. The first-order valence-electron chi connectivity index (χ1n) is 3.87. The second-order valence-electron chi connectivity index (χ2n) is 2.74. The molecule has 0 bridgehead atoms. The lowest BCUT2D eigenvalue weighted by Crippen LogP contribution is -1.89. The Balaban J connectivity index is 2.41. The number of rotatable bonds is 1. The summed E-state index contributed by atoms with van der Waals surface area (Å²) in [7, 11) is 1.83. The van der Waals surface area contributed by atoms with E-state index in [1.54, 1.807) is 10.7 Å². The van der Waals surface area contributed by atoms with Crippen molar-refractivity contribution in [1.29, 1.82) is 0 Å². The zero-order chi connectivity index (χ0) is 9.26. The maximum atomic E-state index is 12.5. The molecule has 13 heavy (non-hydrogen) atoms. The van der Waals surface area contributed by atoms with Gasteiger partial charge >= 0.3 is 0 Å². The highest BCUT2D eigenvalue weighted by molar-refractivity contribution is 5.52. The third kappa shape index (κ3) is 1.56. The molecule has 0 amide bonds. The van der Waals surface area contributed by atoms with Crippen molar-refractivity contribution in [2.45, 2.75) is 0 Å². The van der Waals surface area contributed by atoms with Gasteiger partial charge in [0, 0.05) is 13.2 Å². The zero-order valence-electron chi connectivity index (χ0n) is 7.11. The van der Waals surface area contributed by atoms with E-state index in [2.05, 4.69) is 10.1 Å². The number of aromatic nitrogens is 3. The van der Waals surface area contributed by atoms with Gasteiger partial charge in [-0.3, -0.25) is 9.67 Å². The SMILES string of the molecule is Cn1ccc(-c2ccc(F)cn2)n1. The van der Waals surface area contributed by atoms with E-state index in [4.69, 9.17) is 0 Å². The minimum absolute atomic E-state index is 0.334.